The van der Waals surface area contributed by atoms with Crippen LogP contribution in [0.3, 0.4) is 0 Å². The Kier molecular flexibility index (Phi) is 4.32. The van der Waals surface area contributed by atoms with Gasteiger partial charge < -0.3 is 0 Å². The topological polar surface area (TPSA) is 52.6 Å². The SMILES string of the molecule is C=CCOOS(=O)(=O)C(C)C. The molecule has 0 atom stereocenters. The highest BCUT2D eigenvalue weighted by Crippen LogP contribution is 2.02. The molecule has 0 unspecified atom stereocenters. The fraction of sp³-hybridized carbons (Fsp3) is 0.667. The van der Waals surface area contributed by atoms with E-state index < -0.39 is 15.4 Å². The van der Waals surface area contributed by atoms with Gasteiger partial charge in [0.25, 0.3) is 10.1 Å². The third-order valence-electron chi connectivity index (χ3n) is 0.906. The lowest BCUT2D eigenvalue weighted by atomic mass is 10.6. The number of hydrogen-bond acceptors (Lipinski definition) is 4. The number of rotatable bonds is 5. The van der Waals surface area contributed by atoms with E-state index in [-0.39, 0.29) is 6.61 Å². The minimum absolute atomic E-state index is 0.0615. The van der Waals surface area contributed by atoms with Crippen LogP contribution in [0.4, 0.5) is 0 Å². The van der Waals surface area contributed by atoms with Gasteiger partial charge in [0.2, 0.25) is 0 Å². The molecule has 4 nitrogen and oxygen atoms in total. The minimum atomic E-state index is -3.54. The Balaban J connectivity index is 3.84. The van der Waals surface area contributed by atoms with E-state index in [1.54, 1.807) is 0 Å². The highest BCUT2D eigenvalue weighted by atomic mass is 32.2. The van der Waals surface area contributed by atoms with E-state index in [0.29, 0.717) is 0 Å². The standard InChI is InChI=1S/C6H12O4S/c1-4-5-9-10-11(7,8)6(2)3/h4,6H,1,5H2,2-3H3. The fourth-order valence-electron chi connectivity index (χ4n) is 0.222. The van der Waals surface area contributed by atoms with Crippen molar-refractivity contribution in [3.8, 4) is 0 Å². The first kappa shape index (κ1) is 10.6. The summed E-state index contributed by atoms with van der Waals surface area (Å²) in [7, 11) is -3.54. The Morgan fingerprint density at radius 2 is 2.09 bits per heavy atom. The molecule has 0 fully saturated rings. The monoisotopic (exact) mass is 180 g/mol. The summed E-state index contributed by atoms with van der Waals surface area (Å²) < 4.78 is 25.8. The van der Waals surface area contributed by atoms with E-state index in [1.165, 1.54) is 19.9 Å². The van der Waals surface area contributed by atoms with E-state index >= 15 is 0 Å². The van der Waals surface area contributed by atoms with Crippen molar-refractivity contribution in [3.63, 3.8) is 0 Å². The molecule has 0 rings (SSSR count). The Morgan fingerprint density at radius 3 is 2.45 bits per heavy atom. The molecule has 0 aromatic heterocycles. The molecule has 0 heterocycles. The third-order valence-corrected chi connectivity index (χ3v) is 2.35. The largest absolute Gasteiger partial charge is 0.295 e. The second-order valence-electron chi connectivity index (χ2n) is 2.18. The molecule has 0 aromatic rings. The number of hydrogen-bond donors (Lipinski definition) is 0. The third kappa shape index (κ3) is 4.13. The van der Waals surface area contributed by atoms with E-state index in [1.807, 2.05) is 0 Å². The quantitative estimate of drug-likeness (QED) is 0.272. The highest BCUT2D eigenvalue weighted by molar-refractivity contribution is 7.87. The highest BCUT2D eigenvalue weighted by Gasteiger charge is 2.17. The molecule has 0 aliphatic carbocycles. The molecule has 0 aromatic carbocycles. The lowest BCUT2D eigenvalue weighted by Crippen LogP contribution is -2.17. The van der Waals surface area contributed by atoms with Crippen molar-refractivity contribution in [2.24, 2.45) is 0 Å². The Morgan fingerprint density at radius 1 is 1.55 bits per heavy atom. The summed E-state index contributed by atoms with van der Waals surface area (Å²) in [5, 5.41) is -0.590. The van der Waals surface area contributed by atoms with Crippen molar-refractivity contribution in [1.29, 1.82) is 0 Å². The molecular weight excluding hydrogens is 168 g/mol. The molecule has 0 spiro atoms. The minimum Gasteiger partial charge on any atom is -0.216 e. The summed E-state index contributed by atoms with van der Waals surface area (Å²) in [4.78, 5) is 4.30. The zero-order valence-electron chi connectivity index (χ0n) is 6.61. The first-order chi connectivity index (χ1) is 5.00. The molecule has 66 valence electrons. The van der Waals surface area contributed by atoms with Crippen LogP contribution >= 0.6 is 0 Å². The maximum atomic E-state index is 10.8. The van der Waals surface area contributed by atoms with Crippen LogP contribution in [0.5, 0.6) is 0 Å². The summed E-state index contributed by atoms with van der Waals surface area (Å²) in [6.07, 6.45) is 1.40. The van der Waals surface area contributed by atoms with Gasteiger partial charge in [0.15, 0.2) is 0 Å². The molecule has 0 N–H and O–H groups in total. The van der Waals surface area contributed by atoms with Crippen LogP contribution in [0.1, 0.15) is 13.8 Å². The summed E-state index contributed by atoms with van der Waals surface area (Å²) in [5.74, 6) is 0. The van der Waals surface area contributed by atoms with Crippen molar-refractivity contribution < 1.29 is 17.6 Å². The van der Waals surface area contributed by atoms with Gasteiger partial charge >= 0.3 is 0 Å². The molecule has 11 heavy (non-hydrogen) atoms. The summed E-state index contributed by atoms with van der Waals surface area (Å²) in [6, 6.07) is 0. The van der Waals surface area contributed by atoms with Gasteiger partial charge in [0.1, 0.15) is 6.61 Å². The zero-order valence-corrected chi connectivity index (χ0v) is 7.43. The van der Waals surface area contributed by atoms with Crippen LogP contribution in [-0.2, 0) is 19.3 Å². The Bertz CT molecular complexity index is 205. The molecule has 0 bridgehead atoms. The predicted octanol–water partition coefficient (Wildman–Crippen LogP) is 0.859. The molecule has 5 heteroatoms. The molecule has 0 aliphatic heterocycles. The van der Waals surface area contributed by atoms with Crippen LogP contribution in [0, 0.1) is 0 Å². The van der Waals surface area contributed by atoms with Crippen molar-refractivity contribution in [3.05, 3.63) is 12.7 Å². The first-order valence-corrected chi connectivity index (χ1v) is 4.63. The predicted molar refractivity (Wildman–Crippen MR) is 41.3 cm³/mol. The van der Waals surface area contributed by atoms with Crippen molar-refractivity contribution in [2.75, 3.05) is 6.61 Å². The molecule has 0 saturated heterocycles. The van der Waals surface area contributed by atoms with Crippen LogP contribution in [-0.4, -0.2) is 20.3 Å². The van der Waals surface area contributed by atoms with Crippen molar-refractivity contribution in [2.45, 2.75) is 19.1 Å². The second-order valence-corrected chi connectivity index (χ2v) is 4.25. The average molecular weight is 180 g/mol. The van der Waals surface area contributed by atoms with Crippen LogP contribution in [0.2, 0.25) is 0 Å². The fourth-order valence-corrected chi connectivity index (χ4v) is 0.568. The summed E-state index contributed by atoms with van der Waals surface area (Å²) in [6.45, 7) is 6.40. The second kappa shape index (κ2) is 4.48. The molecular formula is C6H12O4S. The van der Waals surface area contributed by atoms with E-state index in [0.717, 1.165) is 0 Å². The van der Waals surface area contributed by atoms with Gasteiger partial charge in [0, 0.05) is 0 Å². The average Bonchev–Trinajstić information content (AvgIpc) is 1.88. The van der Waals surface area contributed by atoms with Crippen molar-refractivity contribution >= 4 is 10.1 Å². The molecule has 0 amide bonds. The Labute approximate surface area is 66.9 Å². The normalized spacial score (nSPS) is 11.9. The van der Waals surface area contributed by atoms with E-state index in [4.69, 9.17) is 0 Å². The van der Waals surface area contributed by atoms with Gasteiger partial charge in [-0.2, -0.15) is 8.42 Å². The van der Waals surface area contributed by atoms with Gasteiger partial charge in [-0.3, -0.25) is 0 Å². The van der Waals surface area contributed by atoms with E-state index in [2.05, 4.69) is 15.8 Å². The van der Waals surface area contributed by atoms with Crippen LogP contribution in [0.15, 0.2) is 12.7 Å². The first-order valence-electron chi connectivity index (χ1n) is 3.16. The molecule has 0 radical (unpaired) electrons. The van der Waals surface area contributed by atoms with Crippen molar-refractivity contribution in [1.82, 2.24) is 0 Å². The van der Waals surface area contributed by atoms with Gasteiger partial charge in [-0.15, -0.1) is 10.9 Å². The smallest absolute Gasteiger partial charge is 0.216 e. The van der Waals surface area contributed by atoms with Gasteiger partial charge in [-0.05, 0) is 13.8 Å². The van der Waals surface area contributed by atoms with Crippen LogP contribution in [0.25, 0.3) is 0 Å². The van der Waals surface area contributed by atoms with Gasteiger partial charge in [-0.25, -0.2) is 4.89 Å². The Hall–Kier alpha value is -0.390. The lowest BCUT2D eigenvalue weighted by Gasteiger charge is -2.04. The van der Waals surface area contributed by atoms with E-state index in [9.17, 15) is 8.42 Å². The summed E-state index contributed by atoms with van der Waals surface area (Å²) >= 11 is 0. The lowest BCUT2D eigenvalue weighted by molar-refractivity contribution is -0.190. The van der Waals surface area contributed by atoms with Gasteiger partial charge in [0.05, 0.1) is 5.25 Å². The summed E-state index contributed by atoms with van der Waals surface area (Å²) in [5.41, 5.74) is 0. The van der Waals surface area contributed by atoms with Gasteiger partial charge in [-0.1, -0.05) is 6.08 Å². The maximum Gasteiger partial charge on any atom is 0.295 e. The zero-order chi connectivity index (χ0) is 8.91. The maximum absolute atomic E-state index is 10.8. The molecule has 0 aliphatic rings. The van der Waals surface area contributed by atoms with Crippen LogP contribution < -0.4 is 0 Å². The molecule has 0 saturated carbocycles.